The van der Waals surface area contributed by atoms with Crippen LogP contribution in [-0.2, 0) is 29.5 Å². The standard InChI is InChI=1S/C21H18F2N4O3S/c22-16-6-17(23)8-19(7-16)31(29,30)18-3-1-13(2-4-18)9-26-21(28)27-11-14-5-20(24)25-10-15(14)12-27/h1-8,10H,9,11-12H2,(H2,24,25)(H,26,28). The molecule has 0 radical (unpaired) electrons. The summed E-state index contributed by atoms with van der Waals surface area (Å²) in [4.78, 5) is 17.5. The van der Waals surface area contributed by atoms with Crippen LogP contribution in [0.5, 0.6) is 0 Å². The second-order valence-corrected chi connectivity index (χ2v) is 9.09. The number of sulfone groups is 1. The molecule has 0 saturated heterocycles. The lowest BCUT2D eigenvalue weighted by Crippen LogP contribution is -2.35. The molecule has 0 atom stereocenters. The van der Waals surface area contributed by atoms with Crippen molar-refractivity contribution >= 4 is 21.7 Å². The molecule has 2 amide bonds. The number of hydrogen-bond acceptors (Lipinski definition) is 5. The summed E-state index contributed by atoms with van der Waals surface area (Å²) < 4.78 is 52.0. The van der Waals surface area contributed by atoms with E-state index in [9.17, 15) is 22.0 Å². The van der Waals surface area contributed by atoms with Crippen molar-refractivity contribution in [2.75, 3.05) is 5.73 Å². The Kier molecular flexibility index (Phi) is 5.32. The smallest absolute Gasteiger partial charge is 0.318 e. The minimum absolute atomic E-state index is 0.104. The molecule has 0 spiro atoms. The van der Waals surface area contributed by atoms with E-state index in [0.29, 0.717) is 30.5 Å². The van der Waals surface area contributed by atoms with Crippen LogP contribution < -0.4 is 11.1 Å². The summed E-state index contributed by atoms with van der Waals surface area (Å²) >= 11 is 0. The number of halogens is 2. The normalized spacial score (nSPS) is 13.2. The Labute approximate surface area is 177 Å². The van der Waals surface area contributed by atoms with E-state index in [1.165, 1.54) is 24.3 Å². The first-order valence-corrected chi connectivity index (χ1v) is 10.8. The summed E-state index contributed by atoms with van der Waals surface area (Å²) in [5, 5.41) is 2.78. The Hall–Kier alpha value is -3.53. The number of nitrogen functional groups attached to an aromatic ring is 1. The Morgan fingerprint density at radius 2 is 1.65 bits per heavy atom. The Bertz CT molecular complexity index is 1240. The topological polar surface area (TPSA) is 105 Å². The molecule has 0 bridgehead atoms. The number of hydrogen-bond donors (Lipinski definition) is 2. The fourth-order valence-corrected chi connectivity index (χ4v) is 4.64. The maximum atomic E-state index is 13.4. The van der Waals surface area contributed by atoms with Crippen molar-refractivity contribution in [1.82, 2.24) is 15.2 Å². The third-order valence-corrected chi connectivity index (χ3v) is 6.69. The predicted octanol–water partition coefficient (Wildman–Crippen LogP) is 3.00. The highest BCUT2D eigenvalue weighted by Gasteiger charge is 2.24. The van der Waals surface area contributed by atoms with Gasteiger partial charge in [-0.1, -0.05) is 12.1 Å². The Morgan fingerprint density at radius 3 is 2.32 bits per heavy atom. The van der Waals surface area contributed by atoms with Crippen LogP contribution in [0.2, 0.25) is 0 Å². The highest BCUT2D eigenvalue weighted by molar-refractivity contribution is 7.91. The van der Waals surface area contributed by atoms with Crippen LogP contribution in [0, 0.1) is 11.6 Å². The molecule has 0 saturated carbocycles. The minimum Gasteiger partial charge on any atom is -0.384 e. The molecule has 0 unspecified atom stereocenters. The number of carbonyl (C=O) groups excluding carboxylic acids is 1. The SMILES string of the molecule is Nc1cc2c(cn1)CN(C(=O)NCc1ccc(S(=O)(=O)c3cc(F)cc(F)c3)cc1)C2. The summed E-state index contributed by atoms with van der Waals surface area (Å²) in [6.45, 7) is 1.03. The molecule has 0 fully saturated rings. The van der Waals surface area contributed by atoms with Gasteiger partial charge in [-0.05, 0) is 47.0 Å². The number of rotatable bonds is 4. The van der Waals surface area contributed by atoms with E-state index in [1.807, 2.05) is 0 Å². The molecule has 2 heterocycles. The van der Waals surface area contributed by atoms with E-state index in [0.717, 1.165) is 23.3 Å². The van der Waals surface area contributed by atoms with Crippen LogP contribution in [0.25, 0.3) is 0 Å². The molecular formula is C21H18F2N4O3S. The number of urea groups is 1. The molecule has 7 nitrogen and oxygen atoms in total. The lowest BCUT2D eigenvalue weighted by Gasteiger charge is -2.16. The van der Waals surface area contributed by atoms with Gasteiger partial charge in [0.05, 0.1) is 9.79 Å². The molecule has 1 aromatic heterocycles. The van der Waals surface area contributed by atoms with Gasteiger partial charge in [0.1, 0.15) is 17.5 Å². The van der Waals surface area contributed by atoms with Gasteiger partial charge in [0.25, 0.3) is 0 Å². The van der Waals surface area contributed by atoms with Crippen LogP contribution in [-0.4, -0.2) is 24.3 Å². The number of anilines is 1. The largest absolute Gasteiger partial charge is 0.384 e. The number of benzene rings is 2. The maximum Gasteiger partial charge on any atom is 0.318 e. The van der Waals surface area contributed by atoms with E-state index in [-0.39, 0.29) is 17.5 Å². The fourth-order valence-electron chi connectivity index (χ4n) is 3.34. The van der Waals surface area contributed by atoms with Gasteiger partial charge in [0.15, 0.2) is 0 Å². The zero-order valence-corrected chi connectivity index (χ0v) is 17.0. The number of nitrogens with zero attached hydrogens (tertiary/aromatic N) is 2. The zero-order chi connectivity index (χ0) is 22.2. The number of pyridine rings is 1. The van der Waals surface area contributed by atoms with Crippen molar-refractivity contribution in [2.24, 2.45) is 0 Å². The molecule has 160 valence electrons. The highest BCUT2D eigenvalue weighted by Crippen LogP contribution is 2.24. The van der Waals surface area contributed by atoms with Crippen LogP contribution in [0.4, 0.5) is 19.4 Å². The zero-order valence-electron chi connectivity index (χ0n) is 16.2. The number of amides is 2. The summed E-state index contributed by atoms with van der Waals surface area (Å²) in [5.41, 5.74) is 8.23. The van der Waals surface area contributed by atoms with Crippen LogP contribution in [0.15, 0.2) is 64.5 Å². The second kappa shape index (κ2) is 7.95. The monoisotopic (exact) mass is 444 g/mol. The third-order valence-electron chi connectivity index (χ3n) is 4.94. The van der Waals surface area contributed by atoms with Crippen LogP contribution in [0.1, 0.15) is 16.7 Å². The van der Waals surface area contributed by atoms with Crippen molar-refractivity contribution in [1.29, 1.82) is 0 Å². The van der Waals surface area contributed by atoms with Gasteiger partial charge in [-0.15, -0.1) is 0 Å². The van der Waals surface area contributed by atoms with Gasteiger partial charge in [0.2, 0.25) is 9.84 Å². The average Bonchev–Trinajstić information content (AvgIpc) is 3.15. The van der Waals surface area contributed by atoms with Gasteiger partial charge < -0.3 is 16.0 Å². The lowest BCUT2D eigenvalue weighted by molar-refractivity contribution is 0.198. The minimum atomic E-state index is -4.07. The predicted molar refractivity (Wildman–Crippen MR) is 108 cm³/mol. The summed E-state index contributed by atoms with van der Waals surface area (Å²) in [6.07, 6.45) is 1.65. The summed E-state index contributed by atoms with van der Waals surface area (Å²) in [6, 6.07) is 9.34. The quantitative estimate of drug-likeness (QED) is 0.644. The van der Waals surface area contributed by atoms with Crippen molar-refractivity contribution in [2.45, 2.75) is 29.4 Å². The lowest BCUT2D eigenvalue weighted by atomic mass is 10.2. The third kappa shape index (κ3) is 4.33. The first-order chi connectivity index (χ1) is 14.7. The molecule has 1 aliphatic rings. The van der Waals surface area contributed by atoms with Crippen molar-refractivity contribution < 1.29 is 22.0 Å². The van der Waals surface area contributed by atoms with Gasteiger partial charge in [0, 0.05) is 31.9 Å². The van der Waals surface area contributed by atoms with Crippen molar-refractivity contribution in [3.8, 4) is 0 Å². The van der Waals surface area contributed by atoms with E-state index >= 15 is 0 Å². The molecule has 0 aliphatic carbocycles. The van der Waals surface area contributed by atoms with Gasteiger partial charge in [-0.3, -0.25) is 0 Å². The Balaban J connectivity index is 1.40. The number of nitrogens with two attached hydrogens (primary N) is 1. The summed E-state index contributed by atoms with van der Waals surface area (Å²) in [7, 11) is -4.07. The number of nitrogens with one attached hydrogen (secondary N) is 1. The fraction of sp³-hybridized carbons (Fsp3) is 0.143. The average molecular weight is 444 g/mol. The first kappa shape index (κ1) is 20.7. The number of fused-ring (bicyclic) bond motifs is 1. The molecule has 3 N–H and O–H groups in total. The highest BCUT2D eigenvalue weighted by atomic mass is 32.2. The van der Waals surface area contributed by atoms with Gasteiger partial charge in [-0.25, -0.2) is 27.0 Å². The van der Waals surface area contributed by atoms with E-state index in [1.54, 1.807) is 17.2 Å². The molecule has 1 aliphatic heterocycles. The Morgan fingerprint density at radius 1 is 1.00 bits per heavy atom. The molecule has 3 aromatic rings. The van der Waals surface area contributed by atoms with E-state index in [2.05, 4.69) is 10.3 Å². The first-order valence-electron chi connectivity index (χ1n) is 9.28. The van der Waals surface area contributed by atoms with Gasteiger partial charge >= 0.3 is 6.03 Å². The molecular weight excluding hydrogens is 426 g/mol. The summed E-state index contributed by atoms with van der Waals surface area (Å²) in [5.74, 6) is -1.54. The molecule has 31 heavy (non-hydrogen) atoms. The number of aromatic nitrogens is 1. The van der Waals surface area contributed by atoms with Gasteiger partial charge in [-0.2, -0.15) is 0 Å². The van der Waals surface area contributed by atoms with Crippen molar-refractivity contribution in [3.63, 3.8) is 0 Å². The van der Waals surface area contributed by atoms with E-state index in [4.69, 9.17) is 5.73 Å². The molecule has 4 rings (SSSR count). The van der Waals surface area contributed by atoms with Crippen LogP contribution in [0.3, 0.4) is 0 Å². The second-order valence-electron chi connectivity index (χ2n) is 7.15. The van der Waals surface area contributed by atoms with E-state index < -0.39 is 26.4 Å². The van der Waals surface area contributed by atoms with Crippen molar-refractivity contribution in [3.05, 3.63) is 83.1 Å². The molecule has 10 heteroatoms. The molecule has 2 aromatic carbocycles. The van der Waals surface area contributed by atoms with Crippen LogP contribution >= 0.6 is 0 Å². The maximum absolute atomic E-state index is 13.4. The number of carbonyl (C=O) groups is 1.